The molecule has 2 aromatic rings. The van der Waals surface area contributed by atoms with Crippen molar-refractivity contribution in [1.82, 2.24) is 0 Å². The standard InChI is InChI=1S/C26H33F2NO2/c1-7-15-26(27,28)31-23-11-8-20(9-12-23)21-10-13-24(29(6)18-30)22(17-21)14-16-25(4,5)19(2)3/h7-13,15,17-19H,14,16H2,1-6H3. The van der Waals surface area contributed by atoms with Crippen LogP contribution in [0.25, 0.3) is 11.1 Å². The molecule has 168 valence electrons. The van der Waals surface area contributed by atoms with Crippen LogP contribution < -0.4 is 9.64 Å². The topological polar surface area (TPSA) is 29.5 Å². The van der Waals surface area contributed by atoms with Crippen molar-refractivity contribution < 1.29 is 18.3 Å². The average molecular weight is 430 g/mol. The Kier molecular flexibility index (Phi) is 7.99. The van der Waals surface area contributed by atoms with Crippen LogP contribution in [0.1, 0.15) is 46.6 Å². The van der Waals surface area contributed by atoms with Crippen molar-refractivity contribution >= 4 is 12.1 Å². The van der Waals surface area contributed by atoms with Gasteiger partial charge in [-0.25, -0.2) is 0 Å². The van der Waals surface area contributed by atoms with Crippen molar-refractivity contribution in [2.75, 3.05) is 11.9 Å². The number of allylic oxidation sites excluding steroid dienone is 1. The third-order valence-electron chi connectivity index (χ3n) is 6.02. The number of halogens is 2. The van der Waals surface area contributed by atoms with Gasteiger partial charge in [-0.1, -0.05) is 52.0 Å². The van der Waals surface area contributed by atoms with E-state index in [1.54, 1.807) is 36.2 Å². The molecule has 0 aliphatic heterocycles. The zero-order valence-corrected chi connectivity index (χ0v) is 19.3. The van der Waals surface area contributed by atoms with Crippen LogP contribution in [0.4, 0.5) is 14.5 Å². The Bertz CT molecular complexity index is 902. The van der Waals surface area contributed by atoms with E-state index in [-0.39, 0.29) is 11.2 Å². The first-order valence-electron chi connectivity index (χ1n) is 10.6. The van der Waals surface area contributed by atoms with Crippen LogP contribution >= 0.6 is 0 Å². The number of alkyl halides is 2. The molecule has 5 heteroatoms. The fraction of sp³-hybridized carbons (Fsp3) is 0.423. The molecule has 3 nitrogen and oxygen atoms in total. The number of anilines is 1. The summed E-state index contributed by atoms with van der Waals surface area (Å²) in [5.41, 5.74) is 3.99. The van der Waals surface area contributed by atoms with Gasteiger partial charge in [-0.05, 0) is 72.1 Å². The molecule has 2 aromatic carbocycles. The molecule has 0 saturated carbocycles. The van der Waals surface area contributed by atoms with Gasteiger partial charge in [0.1, 0.15) is 5.75 Å². The van der Waals surface area contributed by atoms with Gasteiger partial charge in [0.15, 0.2) is 0 Å². The highest BCUT2D eigenvalue weighted by Gasteiger charge is 2.27. The highest BCUT2D eigenvalue weighted by Crippen LogP contribution is 2.35. The van der Waals surface area contributed by atoms with Crippen LogP contribution in [-0.4, -0.2) is 19.6 Å². The van der Waals surface area contributed by atoms with Crippen molar-refractivity contribution in [2.24, 2.45) is 11.3 Å². The van der Waals surface area contributed by atoms with E-state index in [1.807, 2.05) is 12.1 Å². The molecule has 0 heterocycles. The van der Waals surface area contributed by atoms with Crippen molar-refractivity contribution in [3.8, 4) is 16.9 Å². The lowest BCUT2D eigenvalue weighted by molar-refractivity contribution is -0.131. The number of hydrogen-bond acceptors (Lipinski definition) is 2. The van der Waals surface area contributed by atoms with Crippen LogP contribution in [-0.2, 0) is 11.2 Å². The molecule has 0 radical (unpaired) electrons. The molecule has 0 fully saturated rings. The summed E-state index contributed by atoms with van der Waals surface area (Å²) in [4.78, 5) is 13.0. The molecule has 0 N–H and O–H groups in total. The van der Waals surface area contributed by atoms with Gasteiger partial charge < -0.3 is 9.64 Å². The lowest BCUT2D eigenvalue weighted by Gasteiger charge is -2.30. The number of amides is 1. The largest absolute Gasteiger partial charge is 0.429 e. The number of carbonyl (C=O) groups excluding carboxylic acids is 1. The minimum atomic E-state index is -3.34. The summed E-state index contributed by atoms with van der Waals surface area (Å²) in [5, 5.41) is 0. The molecular formula is C26H33F2NO2. The number of rotatable bonds is 10. The maximum Gasteiger partial charge on any atom is 0.419 e. The van der Waals surface area contributed by atoms with Gasteiger partial charge in [0, 0.05) is 18.8 Å². The SMILES string of the molecule is CC=CC(F)(F)Oc1ccc(-c2ccc(N(C)C=O)c(CCC(C)(C)C(C)C)c2)cc1. The zero-order chi connectivity index (χ0) is 23.2. The molecule has 0 bridgehead atoms. The maximum absolute atomic E-state index is 13.6. The van der Waals surface area contributed by atoms with Gasteiger partial charge in [-0.3, -0.25) is 4.79 Å². The lowest BCUT2D eigenvalue weighted by Crippen LogP contribution is -2.21. The third kappa shape index (κ3) is 6.65. The summed E-state index contributed by atoms with van der Waals surface area (Å²) >= 11 is 0. The summed E-state index contributed by atoms with van der Waals surface area (Å²) in [5.74, 6) is 0.638. The Balaban J connectivity index is 2.31. The Morgan fingerprint density at radius 1 is 1.06 bits per heavy atom. The first-order valence-corrected chi connectivity index (χ1v) is 10.6. The number of carbonyl (C=O) groups is 1. The van der Waals surface area contributed by atoms with Crippen LogP contribution in [0.3, 0.4) is 0 Å². The number of ether oxygens (including phenoxy) is 1. The molecule has 0 aliphatic carbocycles. The number of benzene rings is 2. The van der Waals surface area contributed by atoms with E-state index in [9.17, 15) is 13.6 Å². The molecule has 31 heavy (non-hydrogen) atoms. The van der Waals surface area contributed by atoms with Crippen molar-refractivity contribution in [3.05, 3.63) is 60.2 Å². The van der Waals surface area contributed by atoms with E-state index in [0.29, 0.717) is 12.0 Å². The molecule has 0 unspecified atom stereocenters. The minimum Gasteiger partial charge on any atom is -0.429 e. The van der Waals surface area contributed by atoms with Crippen LogP contribution in [0, 0.1) is 11.3 Å². The van der Waals surface area contributed by atoms with Crippen LogP contribution in [0.15, 0.2) is 54.6 Å². The lowest BCUT2D eigenvalue weighted by atomic mass is 9.76. The molecule has 1 amide bonds. The first-order chi connectivity index (χ1) is 14.5. The number of hydrogen-bond donors (Lipinski definition) is 0. The van der Waals surface area contributed by atoms with E-state index in [0.717, 1.165) is 41.6 Å². The highest BCUT2D eigenvalue weighted by molar-refractivity contribution is 5.79. The number of nitrogens with zero attached hydrogens (tertiary/aromatic N) is 1. The molecule has 0 aromatic heterocycles. The van der Waals surface area contributed by atoms with Gasteiger partial charge in [0.05, 0.1) is 0 Å². The third-order valence-corrected chi connectivity index (χ3v) is 6.02. The summed E-state index contributed by atoms with van der Waals surface area (Å²) in [7, 11) is 1.75. The Morgan fingerprint density at radius 3 is 2.23 bits per heavy atom. The van der Waals surface area contributed by atoms with Gasteiger partial charge in [0.25, 0.3) is 0 Å². The minimum absolute atomic E-state index is 0.100. The summed E-state index contributed by atoms with van der Waals surface area (Å²) < 4.78 is 32.0. The average Bonchev–Trinajstić information content (AvgIpc) is 2.71. The monoisotopic (exact) mass is 429 g/mol. The van der Waals surface area contributed by atoms with Crippen molar-refractivity contribution in [1.29, 1.82) is 0 Å². The summed E-state index contributed by atoms with van der Waals surface area (Å²) in [6.07, 6.45) is 1.27. The smallest absolute Gasteiger partial charge is 0.419 e. The molecule has 0 atom stereocenters. The first kappa shape index (κ1) is 24.6. The predicted octanol–water partition coefficient (Wildman–Crippen LogP) is 7.11. The number of aryl methyl sites for hydroxylation is 1. The van der Waals surface area contributed by atoms with Gasteiger partial charge in [-0.15, -0.1) is 0 Å². The van der Waals surface area contributed by atoms with Gasteiger partial charge in [-0.2, -0.15) is 8.78 Å². The molecule has 0 spiro atoms. The van der Waals surface area contributed by atoms with E-state index in [2.05, 4.69) is 33.8 Å². The molecular weight excluding hydrogens is 396 g/mol. The van der Waals surface area contributed by atoms with E-state index >= 15 is 0 Å². The van der Waals surface area contributed by atoms with E-state index < -0.39 is 6.11 Å². The second kappa shape index (κ2) is 10.1. The second-order valence-corrected chi connectivity index (χ2v) is 8.89. The predicted molar refractivity (Wildman–Crippen MR) is 124 cm³/mol. The fourth-order valence-corrected chi connectivity index (χ4v) is 3.21. The van der Waals surface area contributed by atoms with E-state index in [1.165, 1.54) is 13.0 Å². The Hall–Kier alpha value is -2.69. The highest BCUT2D eigenvalue weighted by atomic mass is 19.3. The molecule has 0 saturated heterocycles. The van der Waals surface area contributed by atoms with Crippen LogP contribution in [0.2, 0.25) is 0 Å². The Labute approximate surface area is 184 Å². The van der Waals surface area contributed by atoms with E-state index in [4.69, 9.17) is 4.74 Å². The van der Waals surface area contributed by atoms with Gasteiger partial charge in [0.2, 0.25) is 6.41 Å². The molecule has 2 rings (SSSR count). The summed E-state index contributed by atoms with van der Waals surface area (Å²) in [6, 6.07) is 12.6. The fourth-order valence-electron chi connectivity index (χ4n) is 3.21. The normalized spacial score (nSPS) is 12.4. The molecule has 0 aliphatic rings. The van der Waals surface area contributed by atoms with Crippen molar-refractivity contribution in [3.63, 3.8) is 0 Å². The van der Waals surface area contributed by atoms with Crippen molar-refractivity contribution in [2.45, 2.75) is 53.6 Å². The van der Waals surface area contributed by atoms with Crippen LogP contribution in [0.5, 0.6) is 5.75 Å². The van der Waals surface area contributed by atoms with Gasteiger partial charge >= 0.3 is 6.11 Å². The summed E-state index contributed by atoms with van der Waals surface area (Å²) in [6.45, 7) is 10.5. The Morgan fingerprint density at radius 2 is 1.68 bits per heavy atom. The second-order valence-electron chi connectivity index (χ2n) is 8.89. The quantitative estimate of drug-likeness (QED) is 0.297. The maximum atomic E-state index is 13.6. The zero-order valence-electron chi connectivity index (χ0n) is 19.3.